The standard InChI is InChI=1S/C19H16FNO5/c20-13-4-1-11(2-5-13)14-8-21(9-15(14)19(23)24)18(22)12-3-6-16-17(7-12)26-10-25-16/h1-7,14-15H,8-10H2,(H,23,24)/t14-,15+/m1/s1. The monoisotopic (exact) mass is 357 g/mol. The smallest absolute Gasteiger partial charge is 0.308 e. The lowest BCUT2D eigenvalue weighted by atomic mass is 9.89. The predicted molar refractivity (Wildman–Crippen MR) is 88.7 cm³/mol. The molecule has 4 rings (SSSR count). The van der Waals surface area contributed by atoms with Crippen LogP contribution in [-0.4, -0.2) is 41.8 Å². The van der Waals surface area contributed by atoms with E-state index in [2.05, 4.69) is 0 Å². The van der Waals surface area contributed by atoms with Gasteiger partial charge in [0.2, 0.25) is 6.79 Å². The van der Waals surface area contributed by atoms with Crippen LogP contribution < -0.4 is 9.47 Å². The number of hydrogen-bond donors (Lipinski definition) is 1. The van der Waals surface area contributed by atoms with Crippen LogP contribution in [0.1, 0.15) is 21.8 Å². The maximum atomic E-state index is 13.2. The van der Waals surface area contributed by atoms with Crippen molar-refractivity contribution in [2.24, 2.45) is 5.92 Å². The quantitative estimate of drug-likeness (QED) is 0.913. The molecule has 1 N–H and O–H groups in total. The molecule has 134 valence electrons. The maximum Gasteiger partial charge on any atom is 0.308 e. The second-order valence-corrected chi connectivity index (χ2v) is 6.38. The minimum absolute atomic E-state index is 0.102. The van der Waals surface area contributed by atoms with Gasteiger partial charge in [0.15, 0.2) is 11.5 Å². The Hall–Kier alpha value is -3.09. The molecule has 26 heavy (non-hydrogen) atoms. The van der Waals surface area contributed by atoms with E-state index < -0.39 is 11.9 Å². The van der Waals surface area contributed by atoms with Crippen LogP contribution >= 0.6 is 0 Å². The van der Waals surface area contributed by atoms with Crippen molar-refractivity contribution in [1.29, 1.82) is 0 Å². The molecule has 2 aromatic carbocycles. The van der Waals surface area contributed by atoms with E-state index in [1.54, 1.807) is 30.3 Å². The molecule has 2 atom stereocenters. The Bertz CT molecular complexity index is 867. The number of likely N-dealkylation sites (tertiary alicyclic amines) is 1. The Morgan fingerprint density at radius 2 is 1.77 bits per heavy atom. The highest BCUT2D eigenvalue weighted by molar-refractivity contribution is 5.95. The zero-order chi connectivity index (χ0) is 18.3. The molecular weight excluding hydrogens is 341 g/mol. The maximum absolute atomic E-state index is 13.2. The summed E-state index contributed by atoms with van der Waals surface area (Å²) in [5.41, 5.74) is 1.12. The number of carbonyl (C=O) groups is 2. The average Bonchev–Trinajstić information content (AvgIpc) is 3.28. The lowest BCUT2D eigenvalue weighted by Gasteiger charge is -2.17. The first kappa shape index (κ1) is 16.4. The van der Waals surface area contributed by atoms with E-state index >= 15 is 0 Å². The van der Waals surface area contributed by atoms with E-state index in [9.17, 15) is 19.1 Å². The molecular formula is C19H16FNO5. The van der Waals surface area contributed by atoms with Crippen LogP contribution in [0, 0.1) is 11.7 Å². The number of aliphatic carboxylic acids is 1. The molecule has 2 heterocycles. The summed E-state index contributed by atoms with van der Waals surface area (Å²) in [5.74, 6) is -1.66. The van der Waals surface area contributed by atoms with E-state index in [0.717, 1.165) is 0 Å². The molecule has 0 radical (unpaired) electrons. The third-order valence-corrected chi connectivity index (χ3v) is 4.84. The molecule has 0 bridgehead atoms. The van der Waals surface area contributed by atoms with Crippen molar-refractivity contribution < 1.29 is 28.6 Å². The third-order valence-electron chi connectivity index (χ3n) is 4.84. The van der Waals surface area contributed by atoms with Crippen molar-refractivity contribution in [1.82, 2.24) is 4.90 Å². The van der Waals surface area contributed by atoms with Crippen molar-refractivity contribution in [3.63, 3.8) is 0 Å². The lowest BCUT2D eigenvalue weighted by Crippen LogP contribution is -2.29. The van der Waals surface area contributed by atoms with Crippen LogP contribution in [0.25, 0.3) is 0 Å². The van der Waals surface area contributed by atoms with Gasteiger partial charge >= 0.3 is 5.97 Å². The van der Waals surface area contributed by atoms with Crippen molar-refractivity contribution in [3.05, 3.63) is 59.4 Å². The van der Waals surface area contributed by atoms with Crippen molar-refractivity contribution in [3.8, 4) is 11.5 Å². The normalized spacial score (nSPS) is 21.0. The summed E-state index contributed by atoms with van der Waals surface area (Å²) in [7, 11) is 0. The van der Waals surface area contributed by atoms with Gasteiger partial charge in [0.25, 0.3) is 5.91 Å². The van der Waals surface area contributed by atoms with E-state index in [4.69, 9.17) is 9.47 Å². The summed E-state index contributed by atoms with van der Waals surface area (Å²) in [6.07, 6.45) is 0. The Morgan fingerprint density at radius 1 is 1.04 bits per heavy atom. The molecule has 0 aliphatic carbocycles. The number of hydrogen-bond acceptors (Lipinski definition) is 4. The fourth-order valence-electron chi connectivity index (χ4n) is 3.48. The van der Waals surface area contributed by atoms with Gasteiger partial charge in [0.05, 0.1) is 5.92 Å². The first-order valence-electron chi connectivity index (χ1n) is 8.20. The van der Waals surface area contributed by atoms with Gasteiger partial charge < -0.3 is 19.5 Å². The molecule has 1 saturated heterocycles. The first-order valence-corrected chi connectivity index (χ1v) is 8.20. The fourth-order valence-corrected chi connectivity index (χ4v) is 3.48. The number of carboxylic acids is 1. The molecule has 2 aromatic rings. The number of benzene rings is 2. The molecule has 7 heteroatoms. The minimum Gasteiger partial charge on any atom is -0.481 e. The molecule has 0 spiro atoms. The van der Waals surface area contributed by atoms with Gasteiger partial charge in [-0.3, -0.25) is 9.59 Å². The van der Waals surface area contributed by atoms with Gasteiger partial charge in [-0.25, -0.2) is 4.39 Å². The Balaban J connectivity index is 1.58. The summed E-state index contributed by atoms with van der Waals surface area (Å²) in [6.45, 7) is 0.477. The number of ether oxygens (including phenoxy) is 2. The fraction of sp³-hybridized carbons (Fsp3) is 0.263. The summed E-state index contributed by atoms with van der Waals surface area (Å²) >= 11 is 0. The number of rotatable bonds is 3. The van der Waals surface area contributed by atoms with Crippen LogP contribution in [0.2, 0.25) is 0 Å². The van der Waals surface area contributed by atoms with Crippen molar-refractivity contribution in [2.45, 2.75) is 5.92 Å². The predicted octanol–water partition coefficient (Wildman–Crippen LogP) is 2.49. The number of nitrogens with zero attached hydrogens (tertiary/aromatic N) is 1. The van der Waals surface area contributed by atoms with E-state index in [0.29, 0.717) is 22.6 Å². The zero-order valence-electron chi connectivity index (χ0n) is 13.7. The number of carboxylic acid groups (broad SMARTS) is 1. The molecule has 2 aliphatic heterocycles. The zero-order valence-corrected chi connectivity index (χ0v) is 13.7. The first-order chi connectivity index (χ1) is 12.5. The molecule has 1 fully saturated rings. The van der Waals surface area contributed by atoms with E-state index in [-0.39, 0.29) is 37.5 Å². The molecule has 0 saturated carbocycles. The average molecular weight is 357 g/mol. The van der Waals surface area contributed by atoms with Crippen LogP contribution in [0.5, 0.6) is 11.5 Å². The molecule has 1 amide bonds. The van der Waals surface area contributed by atoms with E-state index in [1.807, 2.05) is 0 Å². The Morgan fingerprint density at radius 3 is 2.50 bits per heavy atom. The van der Waals surface area contributed by atoms with Gasteiger partial charge in [-0.1, -0.05) is 12.1 Å². The second kappa shape index (κ2) is 6.33. The Kier molecular flexibility index (Phi) is 3.99. The number of fused-ring (bicyclic) bond motifs is 1. The molecule has 0 aromatic heterocycles. The minimum atomic E-state index is -0.972. The second-order valence-electron chi connectivity index (χ2n) is 6.38. The van der Waals surface area contributed by atoms with Gasteiger partial charge in [0, 0.05) is 24.6 Å². The number of halogens is 1. The number of carbonyl (C=O) groups excluding carboxylic acids is 1. The van der Waals surface area contributed by atoms with Gasteiger partial charge in [-0.15, -0.1) is 0 Å². The van der Waals surface area contributed by atoms with Crippen molar-refractivity contribution >= 4 is 11.9 Å². The highest BCUT2D eigenvalue weighted by Crippen LogP contribution is 2.36. The summed E-state index contributed by atoms with van der Waals surface area (Å²) in [6, 6.07) is 10.7. The van der Waals surface area contributed by atoms with Crippen LogP contribution in [0.4, 0.5) is 4.39 Å². The van der Waals surface area contributed by atoms with Gasteiger partial charge in [0.1, 0.15) is 5.82 Å². The Labute approximate surface area is 148 Å². The highest BCUT2D eigenvalue weighted by atomic mass is 19.1. The summed E-state index contributed by atoms with van der Waals surface area (Å²) in [5, 5.41) is 9.55. The summed E-state index contributed by atoms with van der Waals surface area (Å²) < 4.78 is 23.7. The van der Waals surface area contributed by atoms with Gasteiger partial charge in [-0.05, 0) is 35.9 Å². The molecule has 0 unspecified atom stereocenters. The van der Waals surface area contributed by atoms with Gasteiger partial charge in [-0.2, -0.15) is 0 Å². The van der Waals surface area contributed by atoms with E-state index in [1.165, 1.54) is 17.0 Å². The third kappa shape index (κ3) is 2.85. The van der Waals surface area contributed by atoms with Crippen LogP contribution in [-0.2, 0) is 4.79 Å². The highest BCUT2D eigenvalue weighted by Gasteiger charge is 2.40. The van der Waals surface area contributed by atoms with Crippen LogP contribution in [0.3, 0.4) is 0 Å². The molecule has 2 aliphatic rings. The topological polar surface area (TPSA) is 76.1 Å². The largest absolute Gasteiger partial charge is 0.481 e. The molecule has 6 nitrogen and oxygen atoms in total. The lowest BCUT2D eigenvalue weighted by molar-refractivity contribution is -0.141. The number of amides is 1. The van der Waals surface area contributed by atoms with Crippen LogP contribution in [0.15, 0.2) is 42.5 Å². The van der Waals surface area contributed by atoms with Crippen molar-refractivity contribution in [2.75, 3.05) is 19.9 Å². The SMILES string of the molecule is O=C(O)[C@H]1CN(C(=O)c2ccc3c(c2)OCO3)C[C@@H]1c1ccc(F)cc1. The summed E-state index contributed by atoms with van der Waals surface area (Å²) in [4.78, 5) is 26.0.